The van der Waals surface area contributed by atoms with Crippen LogP contribution in [0.1, 0.15) is 0 Å². The Morgan fingerprint density at radius 2 is 1.23 bits per heavy atom. The van der Waals surface area contributed by atoms with Crippen molar-refractivity contribution in [1.29, 1.82) is 0 Å². The molecule has 0 bridgehead atoms. The monoisotopic (exact) mass is 452 g/mol. The van der Waals surface area contributed by atoms with Gasteiger partial charge < -0.3 is 9.64 Å². The van der Waals surface area contributed by atoms with E-state index in [9.17, 15) is 16.8 Å². The molecule has 162 valence electrons. The predicted octanol–water partition coefficient (Wildman–Crippen LogP) is 0.613. The van der Waals surface area contributed by atoms with E-state index in [1.807, 2.05) is 23.1 Å². The number of rotatable bonds is 5. The van der Waals surface area contributed by atoms with Crippen LogP contribution < -0.4 is 4.90 Å². The van der Waals surface area contributed by atoms with Crippen LogP contribution in [-0.2, 0) is 24.8 Å². The third-order valence-electron chi connectivity index (χ3n) is 5.28. The highest BCUT2D eigenvalue weighted by molar-refractivity contribution is 7.89. The molecule has 2 aromatic rings. The van der Waals surface area contributed by atoms with Gasteiger partial charge in [-0.3, -0.25) is 0 Å². The maximum Gasteiger partial charge on any atom is 0.243 e. The zero-order valence-corrected chi connectivity index (χ0v) is 18.1. The Morgan fingerprint density at radius 1 is 0.700 bits per heavy atom. The number of sulfonamides is 2. The fraction of sp³-hybridized carbons (Fsp3) is 0.421. The third kappa shape index (κ3) is 4.21. The topological polar surface area (TPSA) is 100 Å². The Kier molecular flexibility index (Phi) is 6.07. The minimum absolute atomic E-state index is 0.0864. The molecule has 3 heterocycles. The Morgan fingerprint density at radius 3 is 1.73 bits per heavy atom. The highest BCUT2D eigenvalue weighted by Gasteiger charge is 2.30. The SMILES string of the molecule is O=S(=O)(c1ccc(S(=O)(=O)N2CCN(c3ccccn3)CC2)cc1)N1CCOCC1. The van der Waals surface area contributed by atoms with Crippen molar-refractivity contribution in [3.63, 3.8) is 0 Å². The van der Waals surface area contributed by atoms with E-state index in [1.54, 1.807) is 6.20 Å². The van der Waals surface area contributed by atoms with E-state index in [-0.39, 0.29) is 9.79 Å². The van der Waals surface area contributed by atoms with Crippen molar-refractivity contribution < 1.29 is 21.6 Å². The van der Waals surface area contributed by atoms with Crippen LogP contribution in [0.5, 0.6) is 0 Å². The summed E-state index contributed by atoms with van der Waals surface area (Å²) in [5.41, 5.74) is 0. The van der Waals surface area contributed by atoms with Gasteiger partial charge >= 0.3 is 0 Å². The summed E-state index contributed by atoms with van der Waals surface area (Å²) in [5.74, 6) is 0.826. The Bertz CT molecular complexity index is 1060. The van der Waals surface area contributed by atoms with Crippen LogP contribution in [0, 0.1) is 0 Å². The Balaban J connectivity index is 1.46. The van der Waals surface area contributed by atoms with Crippen LogP contribution in [0.15, 0.2) is 58.5 Å². The molecule has 0 atom stereocenters. The minimum Gasteiger partial charge on any atom is -0.379 e. The van der Waals surface area contributed by atoms with Crippen molar-refractivity contribution >= 4 is 25.9 Å². The molecular formula is C19H24N4O5S2. The smallest absolute Gasteiger partial charge is 0.243 e. The number of ether oxygens (including phenoxy) is 1. The number of nitrogens with zero attached hydrogens (tertiary/aromatic N) is 4. The molecule has 0 unspecified atom stereocenters. The number of aromatic nitrogens is 1. The average Bonchev–Trinajstić information content (AvgIpc) is 2.80. The summed E-state index contributed by atoms with van der Waals surface area (Å²) in [6.45, 7) is 3.07. The Labute approximate surface area is 177 Å². The van der Waals surface area contributed by atoms with Crippen molar-refractivity contribution in [3.05, 3.63) is 48.7 Å². The lowest BCUT2D eigenvalue weighted by Gasteiger charge is -2.34. The molecule has 9 nitrogen and oxygen atoms in total. The second-order valence-electron chi connectivity index (χ2n) is 7.07. The normalized spacial score (nSPS) is 19.7. The van der Waals surface area contributed by atoms with E-state index < -0.39 is 20.0 Å². The van der Waals surface area contributed by atoms with Gasteiger partial charge in [0.2, 0.25) is 20.0 Å². The minimum atomic E-state index is -3.70. The summed E-state index contributed by atoms with van der Waals surface area (Å²) >= 11 is 0. The molecule has 0 radical (unpaired) electrons. The number of anilines is 1. The first-order valence-corrected chi connectivity index (χ1v) is 12.6. The molecule has 0 aliphatic carbocycles. The average molecular weight is 453 g/mol. The molecular weight excluding hydrogens is 428 g/mol. The molecule has 11 heteroatoms. The van der Waals surface area contributed by atoms with Gasteiger partial charge in [-0.15, -0.1) is 0 Å². The highest BCUT2D eigenvalue weighted by atomic mass is 32.2. The second-order valence-corrected chi connectivity index (χ2v) is 10.9. The van der Waals surface area contributed by atoms with Gasteiger partial charge in [0, 0.05) is 45.5 Å². The molecule has 30 heavy (non-hydrogen) atoms. The fourth-order valence-electron chi connectivity index (χ4n) is 3.57. The maximum atomic E-state index is 13.0. The first-order valence-electron chi connectivity index (χ1n) is 9.73. The van der Waals surface area contributed by atoms with Gasteiger partial charge in [0.25, 0.3) is 0 Å². The molecule has 2 aliphatic rings. The van der Waals surface area contributed by atoms with Gasteiger partial charge in [-0.25, -0.2) is 21.8 Å². The van der Waals surface area contributed by atoms with E-state index in [0.717, 1.165) is 5.82 Å². The molecule has 0 saturated carbocycles. The molecule has 4 rings (SSSR count). The van der Waals surface area contributed by atoms with E-state index >= 15 is 0 Å². The van der Waals surface area contributed by atoms with Gasteiger partial charge in [0.05, 0.1) is 23.0 Å². The zero-order valence-electron chi connectivity index (χ0n) is 16.4. The number of hydrogen-bond donors (Lipinski definition) is 0. The summed E-state index contributed by atoms with van der Waals surface area (Å²) < 4.78 is 59.4. The molecule has 1 aromatic carbocycles. The number of benzene rings is 1. The van der Waals surface area contributed by atoms with Gasteiger partial charge in [0.15, 0.2) is 0 Å². The van der Waals surface area contributed by atoms with Crippen molar-refractivity contribution in [2.45, 2.75) is 9.79 Å². The lowest BCUT2D eigenvalue weighted by molar-refractivity contribution is 0.0730. The molecule has 2 aliphatic heterocycles. The van der Waals surface area contributed by atoms with Crippen molar-refractivity contribution in [2.75, 3.05) is 57.4 Å². The first kappa shape index (κ1) is 21.2. The molecule has 0 N–H and O–H groups in total. The summed E-state index contributed by atoms with van der Waals surface area (Å²) in [5, 5.41) is 0. The van der Waals surface area contributed by atoms with Crippen molar-refractivity contribution in [3.8, 4) is 0 Å². The summed E-state index contributed by atoms with van der Waals surface area (Å²) in [7, 11) is -7.35. The quantitative estimate of drug-likeness (QED) is 0.655. The van der Waals surface area contributed by atoms with Crippen LogP contribution in [0.4, 0.5) is 5.82 Å². The molecule has 2 fully saturated rings. The molecule has 1 aromatic heterocycles. The number of pyridine rings is 1. The number of piperazine rings is 1. The largest absolute Gasteiger partial charge is 0.379 e. The lowest BCUT2D eigenvalue weighted by atomic mass is 10.3. The van der Waals surface area contributed by atoms with E-state index in [4.69, 9.17) is 4.74 Å². The summed E-state index contributed by atoms with van der Waals surface area (Å²) in [6.07, 6.45) is 1.71. The van der Waals surface area contributed by atoms with Gasteiger partial charge in [0.1, 0.15) is 5.82 Å². The van der Waals surface area contributed by atoms with Gasteiger partial charge in [-0.1, -0.05) is 6.07 Å². The fourth-order valence-corrected chi connectivity index (χ4v) is 6.40. The summed E-state index contributed by atoms with van der Waals surface area (Å²) in [6, 6.07) is 11.1. The maximum absolute atomic E-state index is 13.0. The summed E-state index contributed by atoms with van der Waals surface area (Å²) in [4.78, 5) is 6.53. The van der Waals surface area contributed by atoms with Gasteiger partial charge in [-0.2, -0.15) is 8.61 Å². The standard InChI is InChI=1S/C19H24N4O5S2/c24-29(25,22-11-9-21(10-12-22)19-3-1-2-8-20-19)17-4-6-18(7-5-17)30(26,27)23-13-15-28-16-14-23/h1-8H,9-16H2. The Hall–Kier alpha value is -2.05. The van der Waals surface area contributed by atoms with E-state index in [2.05, 4.69) is 4.98 Å². The zero-order chi connectivity index (χ0) is 21.2. The number of hydrogen-bond acceptors (Lipinski definition) is 7. The first-order chi connectivity index (χ1) is 14.4. The van der Waals surface area contributed by atoms with Crippen LogP contribution in [-0.4, -0.2) is 82.9 Å². The lowest BCUT2D eigenvalue weighted by Crippen LogP contribution is -2.48. The van der Waals surface area contributed by atoms with Crippen molar-refractivity contribution in [1.82, 2.24) is 13.6 Å². The highest BCUT2D eigenvalue weighted by Crippen LogP contribution is 2.23. The second kappa shape index (κ2) is 8.60. The molecule has 0 spiro atoms. The van der Waals surface area contributed by atoms with E-state index in [0.29, 0.717) is 52.5 Å². The van der Waals surface area contributed by atoms with Gasteiger partial charge in [-0.05, 0) is 36.4 Å². The van der Waals surface area contributed by atoms with Crippen LogP contribution in [0.3, 0.4) is 0 Å². The predicted molar refractivity (Wildman–Crippen MR) is 111 cm³/mol. The number of morpholine rings is 1. The van der Waals surface area contributed by atoms with E-state index in [1.165, 1.54) is 32.9 Å². The third-order valence-corrected chi connectivity index (χ3v) is 9.11. The van der Waals surface area contributed by atoms with Crippen molar-refractivity contribution in [2.24, 2.45) is 0 Å². The van der Waals surface area contributed by atoms with Crippen LogP contribution >= 0.6 is 0 Å². The van der Waals surface area contributed by atoms with Crippen LogP contribution in [0.2, 0.25) is 0 Å². The molecule has 0 amide bonds. The van der Waals surface area contributed by atoms with Crippen LogP contribution in [0.25, 0.3) is 0 Å². The molecule has 2 saturated heterocycles.